The van der Waals surface area contributed by atoms with E-state index in [9.17, 15) is 0 Å². The van der Waals surface area contributed by atoms with Crippen LogP contribution in [0.3, 0.4) is 0 Å². The van der Waals surface area contributed by atoms with E-state index in [1.54, 1.807) is 18.6 Å². The second-order valence-electron chi connectivity index (χ2n) is 3.11. The predicted octanol–water partition coefficient (Wildman–Crippen LogP) is 0.562. The molecule has 0 spiro atoms. The fourth-order valence-corrected chi connectivity index (χ4v) is 1.42. The highest BCUT2D eigenvalue weighted by Gasteiger charge is 2.03. The van der Waals surface area contributed by atoms with Crippen molar-refractivity contribution < 1.29 is 5.11 Å². The van der Waals surface area contributed by atoms with Crippen LogP contribution < -0.4 is 5.73 Å². The van der Waals surface area contributed by atoms with Crippen LogP contribution in [0.1, 0.15) is 0 Å². The molecule has 0 saturated heterocycles. The first-order chi connectivity index (χ1) is 7.33. The largest absolute Gasteiger partial charge is 0.392 e. The van der Waals surface area contributed by atoms with Crippen molar-refractivity contribution in [3.8, 4) is 0 Å². The number of nitrogen functional groups attached to an aromatic ring is 1. The second-order valence-corrected chi connectivity index (χ2v) is 3.11. The lowest BCUT2D eigenvalue weighted by molar-refractivity contribution is 0.342. The van der Waals surface area contributed by atoms with Crippen molar-refractivity contribution in [1.82, 2.24) is 14.5 Å². The fourth-order valence-electron chi connectivity index (χ4n) is 1.42. The van der Waals surface area contributed by atoms with E-state index in [0.29, 0.717) is 12.4 Å². The van der Waals surface area contributed by atoms with Crippen LogP contribution in [0.15, 0.2) is 30.7 Å². The molecule has 0 atom stereocenters. The van der Waals surface area contributed by atoms with Gasteiger partial charge in [0.1, 0.15) is 5.52 Å². The number of hydrogen-bond acceptors (Lipinski definition) is 4. The fraction of sp³-hybridized carbons (Fsp3) is 0.200. The van der Waals surface area contributed by atoms with Crippen molar-refractivity contribution in [3.05, 3.63) is 30.7 Å². The first-order valence-corrected chi connectivity index (χ1v) is 4.64. The number of allylic oxidation sites excluding steroid dienone is 1. The van der Waals surface area contributed by atoms with Gasteiger partial charge < -0.3 is 15.4 Å². The minimum absolute atomic E-state index is 0.0519. The summed E-state index contributed by atoms with van der Waals surface area (Å²) < 4.78 is 1.94. The number of hydrogen-bond donors (Lipinski definition) is 2. The molecule has 2 aromatic rings. The smallest absolute Gasteiger partial charge is 0.151 e. The molecular formula is C10H12N4O. The second kappa shape index (κ2) is 4.10. The summed E-state index contributed by atoms with van der Waals surface area (Å²) in [5.41, 5.74) is 7.35. The molecule has 0 saturated carbocycles. The van der Waals surface area contributed by atoms with Gasteiger partial charge in [-0.1, -0.05) is 12.2 Å². The molecule has 0 amide bonds. The first-order valence-electron chi connectivity index (χ1n) is 4.64. The standard InChI is InChI=1S/C10H12N4O/c11-10-9-8(3-4-12-10)14(7-13-9)5-1-2-6-15/h1-4,7,15H,5-6H2,(H2,11,12)/b2-1-. The molecule has 0 unspecified atom stereocenters. The molecule has 0 aliphatic rings. The lowest BCUT2D eigenvalue weighted by Gasteiger charge is -1.99. The average molecular weight is 204 g/mol. The molecular weight excluding hydrogens is 192 g/mol. The van der Waals surface area contributed by atoms with Gasteiger partial charge in [-0.2, -0.15) is 0 Å². The predicted molar refractivity (Wildman–Crippen MR) is 58.2 cm³/mol. The zero-order chi connectivity index (χ0) is 10.7. The zero-order valence-corrected chi connectivity index (χ0v) is 8.17. The van der Waals surface area contributed by atoms with Crippen LogP contribution in [-0.2, 0) is 6.54 Å². The van der Waals surface area contributed by atoms with Crippen molar-refractivity contribution in [3.63, 3.8) is 0 Å². The Morgan fingerprint density at radius 3 is 3.07 bits per heavy atom. The van der Waals surface area contributed by atoms with Crippen molar-refractivity contribution in [1.29, 1.82) is 0 Å². The molecule has 5 heteroatoms. The molecule has 3 N–H and O–H groups in total. The Bertz CT molecular complexity index is 489. The Morgan fingerprint density at radius 2 is 2.27 bits per heavy atom. The third-order valence-electron chi connectivity index (χ3n) is 2.14. The molecule has 0 aliphatic carbocycles. The number of aromatic nitrogens is 3. The Kier molecular flexibility index (Phi) is 2.64. The van der Waals surface area contributed by atoms with Gasteiger partial charge in [-0.05, 0) is 6.07 Å². The highest BCUT2D eigenvalue weighted by Crippen LogP contribution is 2.16. The van der Waals surface area contributed by atoms with Crippen LogP contribution >= 0.6 is 0 Å². The maximum absolute atomic E-state index is 8.61. The van der Waals surface area contributed by atoms with Gasteiger partial charge in [-0.3, -0.25) is 0 Å². The molecule has 2 heterocycles. The van der Waals surface area contributed by atoms with Crippen LogP contribution in [0.5, 0.6) is 0 Å². The van der Waals surface area contributed by atoms with Crippen LogP contribution in [0.2, 0.25) is 0 Å². The van der Waals surface area contributed by atoms with E-state index in [0.717, 1.165) is 11.0 Å². The first kappa shape index (κ1) is 9.67. The summed E-state index contributed by atoms with van der Waals surface area (Å²) in [4.78, 5) is 8.14. The van der Waals surface area contributed by atoms with Gasteiger partial charge in [-0.15, -0.1) is 0 Å². The van der Waals surface area contributed by atoms with Gasteiger partial charge in [0.2, 0.25) is 0 Å². The number of rotatable bonds is 3. The molecule has 0 bridgehead atoms. The van der Waals surface area contributed by atoms with Crippen LogP contribution in [0, 0.1) is 0 Å². The van der Waals surface area contributed by atoms with Gasteiger partial charge in [0, 0.05) is 12.7 Å². The minimum Gasteiger partial charge on any atom is -0.392 e. The molecule has 2 rings (SSSR count). The Morgan fingerprint density at radius 1 is 1.40 bits per heavy atom. The molecule has 2 aromatic heterocycles. The number of pyridine rings is 1. The topological polar surface area (TPSA) is 77.0 Å². The number of fused-ring (bicyclic) bond motifs is 1. The number of aliphatic hydroxyl groups excluding tert-OH is 1. The highest BCUT2D eigenvalue weighted by molar-refractivity contribution is 5.84. The van der Waals surface area contributed by atoms with E-state index in [4.69, 9.17) is 10.8 Å². The van der Waals surface area contributed by atoms with E-state index < -0.39 is 0 Å². The van der Waals surface area contributed by atoms with Gasteiger partial charge in [-0.25, -0.2) is 9.97 Å². The Labute approximate surface area is 86.9 Å². The number of aliphatic hydroxyl groups is 1. The summed E-state index contributed by atoms with van der Waals surface area (Å²) in [7, 11) is 0. The lowest BCUT2D eigenvalue weighted by Crippen LogP contribution is -1.95. The molecule has 15 heavy (non-hydrogen) atoms. The SMILES string of the molecule is Nc1nccc2c1ncn2C/C=C\CO. The lowest BCUT2D eigenvalue weighted by atomic mass is 10.4. The van der Waals surface area contributed by atoms with E-state index >= 15 is 0 Å². The summed E-state index contributed by atoms with van der Waals surface area (Å²) in [6.45, 7) is 0.719. The van der Waals surface area contributed by atoms with E-state index in [1.807, 2.05) is 16.7 Å². The van der Waals surface area contributed by atoms with Crippen LogP contribution in [0.4, 0.5) is 5.82 Å². The van der Waals surface area contributed by atoms with Gasteiger partial charge in [0.15, 0.2) is 5.82 Å². The minimum atomic E-state index is 0.0519. The molecule has 0 aliphatic heterocycles. The quantitative estimate of drug-likeness (QED) is 0.716. The van der Waals surface area contributed by atoms with E-state index in [-0.39, 0.29) is 6.61 Å². The van der Waals surface area contributed by atoms with Crippen molar-refractivity contribution in [2.75, 3.05) is 12.3 Å². The molecule has 5 nitrogen and oxygen atoms in total. The molecule has 78 valence electrons. The average Bonchev–Trinajstić information content (AvgIpc) is 2.64. The van der Waals surface area contributed by atoms with E-state index in [1.165, 1.54) is 0 Å². The molecule has 0 fully saturated rings. The van der Waals surface area contributed by atoms with Crippen molar-refractivity contribution in [2.24, 2.45) is 0 Å². The van der Waals surface area contributed by atoms with E-state index in [2.05, 4.69) is 9.97 Å². The Hall–Kier alpha value is -1.88. The maximum atomic E-state index is 8.61. The van der Waals surface area contributed by atoms with Gasteiger partial charge >= 0.3 is 0 Å². The number of imidazole rings is 1. The highest BCUT2D eigenvalue weighted by atomic mass is 16.2. The zero-order valence-electron chi connectivity index (χ0n) is 8.17. The van der Waals surface area contributed by atoms with Crippen LogP contribution in [0.25, 0.3) is 11.0 Å². The van der Waals surface area contributed by atoms with Crippen LogP contribution in [-0.4, -0.2) is 26.2 Å². The van der Waals surface area contributed by atoms with Gasteiger partial charge in [0.05, 0.1) is 18.5 Å². The third kappa shape index (κ3) is 1.82. The summed E-state index contributed by atoms with van der Waals surface area (Å²) in [5, 5.41) is 8.61. The number of nitrogens with two attached hydrogens (primary N) is 1. The maximum Gasteiger partial charge on any atom is 0.151 e. The normalized spacial score (nSPS) is 11.5. The summed E-state index contributed by atoms with van der Waals surface area (Å²) in [5.74, 6) is 0.442. The monoisotopic (exact) mass is 204 g/mol. The summed E-state index contributed by atoms with van der Waals surface area (Å²) in [6, 6.07) is 1.87. The number of anilines is 1. The molecule has 0 aromatic carbocycles. The van der Waals surface area contributed by atoms with Crippen molar-refractivity contribution >= 4 is 16.9 Å². The Balaban J connectivity index is 2.37. The summed E-state index contributed by atoms with van der Waals surface area (Å²) in [6.07, 6.45) is 6.93. The third-order valence-corrected chi connectivity index (χ3v) is 2.14. The number of nitrogens with zero attached hydrogens (tertiary/aromatic N) is 3. The van der Waals surface area contributed by atoms with Crippen molar-refractivity contribution in [2.45, 2.75) is 6.54 Å². The van der Waals surface area contributed by atoms with Gasteiger partial charge in [0.25, 0.3) is 0 Å². The molecule has 0 radical (unpaired) electrons. The summed E-state index contributed by atoms with van der Waals surface area (Å²) >= 11 is 0.